The van der Waals surface area contributed by atoms with Crippen LogP contribution in [0, 0.1) is 0 Å². The molecule has 0 aliphatic heterocycles. The third-order valence-corrected chi connectivity index (χ3v) is 5.12. The summed E-state index contributed by atoms with van der Waals surface area (Å²) in [5.74, 6) is -1.07. The summed E-state index contributed by atoms with van der Waals surface area (Å²) < 4.78 is 5.21. The Morgan fingerprint density at radius 1 is 0.861 bits per heavy atom. The lowest BCUT2D eigenvalue weighted by molar-refractivity contribution is -0.125. The van der Waals surface area contributed by atoms with Crippen molar-refractivity contribution in [2.24, 2.45) is 0 Å². The van der Waals surface area contributed by atoms with Crippen molar-refractivity contribution >= 4 is 23.6 Å². The van der Waals surface area contributed by atoms with Crippen LogP contribution >= 0.6 is 0 Å². The lowest BCUT2D eigenvalue weighted by atomic mass is 10.00. The van der Waals surface area contributed by atoms with E-state index in [-0.39, 0.29) is 6.54 Å². The molecular weight excluding hydrogens is 458 g/mol. The molecule has 4 N–H and O–H groups in total. The average molecular weight is 490 g/mol. The third kappa shape index (κ3) is 7.95. The molecule has 2 atom stereocenters. The van der Waals surface area contributed by atoms with Gasteiger partial charge in [-0.15, -0.1) is 0 Å². The van der Waals surface area contributed by atoms with Gasteiger partial charge in [0.15, 0.2) is 6.10 Å². The third-order valence-electron chi connectivity index (χ3n) is 5.12. The molecule has 8 nitrogen and oxygen atoms in total. The Bertz CT molecular complexity index is 1160. The minimum absolute atomic E-state index is 0.257. The highest BCUT2D eigenvalue weighted by Gasteiger charge is 2.29. The number of amides is 3. The monoisotopic (exact) mass is 489 g/mol. The van der Waals surface area contributed by atoms with E-state index in [0.717, 1.165) is 5.56 Å². The van der Waals surface area contributed by atoms with E-state index in [1.165, 1.54) is 0 Å². The van der Waals surface area contributed by atoms with Gasteiger partial charge >= 0.3 is 6.09 Å². The van der Waals surface area contributed by atoms with Crippen molar-refractivity contribution < 1.29 is 24.2 Å². The standard InChI is InChI=1S/C28H31N3O5/c1-28(2,3)36-27(35)29-18-19-14-16-22(17-15-19)30-26(34)24(32)23(20-10-6-4-7-11-20)31-25(33)21-12-8-5-9-13-21/h4-17,23-24,32H,18H2,1-3H3,(H,29,35)(H,30,34)(H,31,33). The van der Waals surface area contributed by atoms with Crippen molar-refractivity contribution in [2.75, 3.05) is 5.32 Å². The molecule has 8 heteroatoms. The quantitative estimate of drug-likeness (QED) is 0.379. The summed E-state index contributed by atoms with van der Waals surface area (Å²) in [4.78, 5) is 37.5. The number of hydrogen-bond acceptors (Lipinski definition) is 5. The molecule has 3 rings (SSSR count). The maximum Gasteiger partial charge on any atom is 0.407 e. The van der Waals surface area contributed by atoms with Crippen LogP contribution in [0.15, 0.2) is 84.9 Å². The molecule has 0 saturated heterocycles. The van der Waals surface area contributed by atoms with Crippen LogP contribution in [0.1, 0.15) is 48.3 Å². The normalized spacial score (nSPS) is 12.7. The van der Waals surface area contributed by atoms with Crippen LogP contribution in [0.5, 0.6) is 0 Å². The summed E-state index contributed by atoms with van der Waals surface area (Å²) in [5.41, 5.74) is 1.68. The summed E-state index contributed by atoms with van der Waals surface area (Å²) in [5, 5.41) is 19.0. The Balaban J connectivity index is 1.64. The summed E-state index contributed by atoms with van der Waals surface area (Å²) >= 11 is 0. The summed E-state index contributed by atoms with van der Waals surface area (Å²) in [7, 11) is 0. The zero-order valence-electron chi connectivity index (χ0n) is 20.5. The maximum atomic E-state index is 12.9. The van der Waals surface area contributed by atoms with Crippen LogP contribution in [0.25, 0.3) is 0 Å². The lowest BCUT2D eigenvalue weighted by Crippen LogP contribution is -2.42. The first-order chi connectivity index (χ1) is 17.1. The fourth-order valence-corrected chi connectivity index (χ4v) is 3.38. The summed E-state index contributed by atoms with van der Waals surface area (Å²) in [6, 6.07) is 23.3. The van der Waals surface area contributed by atoms with Crippen LogP contribution in [-0.2, 0) is 16.1 Å². The highest BCUT2D eigenvalue weighted by atomic mass is 16.6. The molecule has 0 bridgehead atoms. The van der Waals surface area contributed by atoms with Crippen LogP contribution in [0.3, 0.4) is 0 Å². The van der Waals surface area contributed by atoms with Crippen molar-refractivity contribution in [3.63, 3.8) is 0 Å². The van der Waals surface area contributed by atoms with E-state index >= 15 is 0 Å². The molecule has 0 aliphatic rings. The fourth-order valence-electron chi connectivity index (χ4n) is 3.38. The second-order valence-corrected chi connectivity index (χ2v) is 9.21. The van der Waals surface area contributed by atoms with E-state index in [4.69, 9.17) is 4.74 Å². The minimum atomic E-state index is -1.55. The molecular formula is C28H31N3O5. The van der Waals surface area contributed by atoms with Crippen LogP contribution in [0.4, 0.5) is 10.5 Å². The second kappa shape index (κ2) is 12.0. The molecule has 36 heavy (non-hydrogen) atoms. The number of hydrogen-bond donors (Lipinski definition) is 4. The Labute approximate surface area is 210 Å². The number of alkyl carbamates (subject to hydrolysis) is 1. The molecule has 0 aliphatic carbocycles. The van der Waals surface area contributed by atoms with E-state index in [9.17, 15) is 19.5 Å². The molecule has 3 aromatic carbocycles. The van der Waals surface area contributed by atoms with Crippen LogP contribution in [0.2, 0.25) is 0 Å². The lowest BCUT2D eigenvalue weighted by Gasteiger charge is -2.24. The van der Waals surface area contributed by atoms with Crippen LogP contribution in [-0.4, -0.2) is 34.7 Å². The van der Waals surface area contributed by atoms with E-state index in [1.54, 1.807) is 99.6 Å². The Morgan fingerprint density at radius 3 is 2.03 bits per heavy atom. The molecule has 3 amide bonds. The molecule has 0 radical (unpaired) electrons. The second-order valence-electron chi connectivity index (χ2n) is 9.21. The van der Waals surface area contributed by atoms with Gasteiger partial charge in [0.1, 0.15) is 5.60 Å². The first-order valence-electron chi connectivity index (χ1n) is 11.6. The topological polar surface area (TPSA) is 117 Å². The first kappa shape index (κ1) is 26.4. The number of benzene rings is 3. The van der Waals surface area contributed by atoms with Gasteiger partial charge in [-0.3, -0.25) is 9.59 Å². The predicted octanol–water partition coefficient (Wildman–Crippen LogP) is 4.18. The Hall–Kier alpha value is -4.17. The van der Waals surface area contributed by atoms with Gasteiger partial charge in [-0.2, -0.15) is 0 Å². The molecule has 0 fully saturated rings. The van der Waals surface area contributed by atoms with Crippen molar-refractivity contribution in [2.45, 2.75) is 45.1 Å². The van der Waals surface area contributed by atoms with E-state index < -0.39 is 35.7 Å². The first-order valence-corrected chi connectivity index (χ1v) is 11.6. The van der Waals surface area contributed by atoms with Gasteiger partial charge in [0, 0.05) is 17.8 Å². The van der Waals surface area contributed by atoms with Crippen molar-refractivity contribution in [3.05, 3.63) is 102 Å². The highest BCUT2D eigenvalue weighted by Crippen LogP contribution is 2.20. The molecule has 0 heterocycles. The number of anilines is 1. The van der Waals surface area contributed by atoms with Crippen molar-refractivity contribution in [1.82, 2.24) is 10.6 Å². The average Bonchev–Trinajstić information content (AvgIpc) is 2.86. The number of nitrogens with one attached hydrogen (secondary N) is 3. The van der Waals surface area contributed by atoms with Gasteiger partial charge in [0.05, 0.1) is 6.04 Å². The molecule has 0 spiro atoms. The largest absolute Gasteiger partial charge is 0.444 e. The minimum Gasteiger partial charge on any atom is -0.444 e. The smallest absolute Gasteiger partial charge is 0.407 e. The number of carbonyl (C=O) groups is 3. The zero-order chi connectivity index (χ0) is 26.1. The number of carbonyl (C=O) groups excluding carboxylic acids is 3. The molecule has 2 unspecified atom stereocenters. The summed E-state index contributed by atoms with van der Waals surface area (Å²) in [6.07, 6.45) is -2.07. The number of ether oxygens (including phenoxy) is 1. The van der Waals surface area contributed by atoms with Gasteiger partial charge in [-0.1, -0.05) is 60.7 Å². The number of aliphatic hydroxyl groups is 1. The van der Waals surface area contributed by atoms with Gasteiger partial charge in [-0.25, -0.2) is 4.79 Å². The zero-order valence-corrected chi connectivity index (χ0v) is 20.5. The summed E-state index contributed by atoms with van der Waals surface area (Å²) in [6.45, 7) is 5.61. The highest BCUT2D eigenvalue weighted by molar-refractivity contribution is 5.97. The van der Waals surface area contributed by atoms with E-state index in [1.807, 2.05) is 6.07 Å². The molecule has 0 aromatic heterocycles. The molecule has 188 valence electrons. The molecule has 0 saturated carbocycles. The van der Waals surface area contributed by atoms with Crippen molar-refractivity contribution in [1.29, 1.82) is 0 Å². The molecule has 3 aromatic rings. The predicted molar refractivity (Wildman–Crippen MR) is 137 cm³/mol. The SMILES string of the molecule is CC(C)(C)OC(=O)NCc1ccc(NC(=O)C(O)C(NC(=O)c2ccccc2)c2ccccc2)cc1. The van der Waals surface area contributed by atoms with Crippen LogP contribution < -0.4 is 16.0 Å². The van der Waals surface area contributed by atoms with Gasteiger partial charge in [0.25, 0.3) is 11.8 Å². The maximum absolute atomic E-state index is 12.9. The van der Waals surface area contributed by atoms with Crippen molar-refractivity contribution in [3.8, 4) is 0 Å². The van der Waals surface area contributed by atoms with Gasteiger partial charge < -0.3 is 25.8 Å². The fraction of sp³-hybridized carbons (Fsp3) is 0.250. The number of aliphatic hydroxyl groups excluding tert-OH is 1. The number of rotatable bonds is 8. The van der Waals surface area contributed by atoms with Gasteiger partial charge in [-0.05, 0) is 56.2 Å². The Morgan fingerprint density at radius 2 is 1.44 bits per heavy atom. The van der Waals surface area contributed by atoms with E-state index in [0.29, 0.717) is 16.8 Å². The Kier molecular flexibility index (Phi) is 8.81. The van der Waals surface area contributed by atoms with Gasteiger partial charge in [0.2, 0.25) is 0 Å². The van der Waals surface area contributed by atoms with E-state index in [2.05, 4.69) is 16.0 Å².